The second-order valence-electron chi connectivity index (χ2n) is 3.84. The van der Waals surface area contributed by atoms with Gasteiger partial charge >= 0.3 is 0 Å². The van der Waals surface area contributed by atoms with Crippen LogP contribution in [0.3, 0.4) is 0 Å². The molecule has 0 saturated carbocycles. The monoisotopic (exact) mass is 247 g/mol. The highest BCUT2D eigenvalue weighted by atomic mass is 32.2. The van der Waals surface area contributed by atoms with Gasteiger partial charge in [-0.25, -0.2) is 4.98 Å². The van der Waals surface area contributed by atoms with Crippen LogP contribution in [0, 0.1) is 6.92 Å². The molecule has 0 spiro atoms. The highest BCUT2D eigenvalue weighted by Crippen LogP contribution is 2.23. The van der Waals surface area contributed by atoms with E-state index in [2.05, 4.69) is 36.2 Å². The molecule has 2 nitrogen and oxygen atoms in total. The van der Waals surface area contributed by atoms with Gasteiger partial charge in [-0.3, -0.25) is 0 Å². The van der Waals surface area contributed by atoms with Crippen LogP contribution in [0.1, 0.15) is 12.5 Å². The van der Waals surface area contributed by atoms with Gasteiger partial charge in [0.25, 0.3) is 0 Å². The molecular formula is C14H17NOS. The molecule has 2 rings (SSSR count). The van der Waals surface area contributed by atoms with Crippen molar-refractivity contribution >= 4 is 22.7 Å². The number of ether oxygens (including phenoxy) is 1. The van der Waals surface area contributed by atoms with Crippen LogP contribution in [0.15, 0.2) is 35.4 Å². The van der Waals surface area contributed by atoms with E-state index in [9.17, 15) is 0 Å². The number of thioether (sulfide) groups is 1. The van der Waals surface area contributed by atoms with Crippen LogP contribution < -0.4 is 0 Å². The van der Waals surface area contributed by atoms with Gasteiger partial charge in [-0.1, -0.05) is 18.2 Å². The number of pyridine rings is 1. The van der Waals surface area contributed by atoms with Crippen molar-refractivity contribution < 1.29 is 4.74 Å². The van der Waals surface area contributed by atoms with Crippen LogP contribution in [-0.4, -0.2) is 24.0 Å². The molecule has 0 aliphatic heterocycles. The van der Waals surface area contributed by atoms with Gasteiger partial charge in [-0.15, -0.1) is 11.8 Å². The van der Waals surface area contributed by atoms with Crippen LogP contribution in [0.5, 0.6) is 0 Å². The maximum atomic E-state index is 5.32. The molecule has 1 aromatic heterocycles. The Morgan fingerprint density at radius 3 is 2.94 bits per heavy atom. The zero-order chi connectivity index (χ0) is 12.1. The quantitative estimate of drug-likeness (QED) is 0.594. The molecule has 0 N–H and O–H groups in total. The lowest BCUT2D eigenvalue weighted by Gasteiger charge is -2.06. The largest absolute Gasteiger partial charge is 0.381 e. The van der Waals surface area contributed by atoms with E-state index in [-0.39, 0.29) is 0 Å². The summed E-state index contributed by atoms with van der Waals surface area (Å²) >= 11 is 1.75. The minimum Gasteiger partial charge on any atom is -0.381 e. The average Bonchev–Trinajstić information content (AvgIpc) is 2.35. The van der Waals surface area contributed by atoms with E-state index in [1.807, 2.05) is 13.0 Å². The molecule has 2 aromatic rings. The fraction of sp³-hybridized carbons (Fsp3) is 0.357. The van der Waals surface area contributed by atoms with E-state index in [0.29, 0.717) is 0 Å². The number of hydrogen-bond donors (Lipinski definition) is 0. The molecule has 0 fully saturated rings. The Kier molecular flexibility index (Phi) is 4.40. The summed E-state index contributed by atoms with van der Waals surface area (Å²) in [6.45, 7) is 5.72. The fourth-order valence-corrected chi connectivity index (χ4v) is 2.58. The minimum absolute atomic E-state index is 0.782. The lowest BCUT2D eigenvalue weighted by molar-refractivity contribution is 0.164. The first-order chi connectivity index (χ1) is 8.31. The summed E-state index contributed by atoms with van der Waals surface area (Å²) in [5.74, 6) is 0.957. The van der Waals surface area contributed by atoms with Gasteiger partial charge in [0.2, 0.25) is 0 Å². The fourth-order valence-electron chi connectivity index (χ4n) is 1.74. The predicted molar refractivity (Wildman–Crippen MR) is 73.7 cm³/mol. The van der Waals surface area contributed by atoms with Gasteiger partial charge < -0.3 is 4.74 Å². The molecule has 0 bridgehead atoms. The van der Waals surface area contributed by atoms with E-state index in [1.54, 1.807) is 11.8 Å². The summed E-state index contributed by atoms with van der Waals surface area (Å²) in [6, 6.07) is 10.4. The van der Waals surface area contributed by atoms with Crippen molar-refractivity contribution in [3.63, 3.8) is 0 Å². The maximum absolute atomic E-state index is 5.32. The van der Waals surface area contributed by atoms with Gasteiger partial charge in [0.15, 0.2) is 0 Å². The lowest BCUT2D eigenvalue weighted by atomic mass is 10.1. The molecule has 0 atom stereocenters. The number of rotatable bonds is 5. The van der Waals surface area contributed by atoms with Crippen molar-refractivity contribution in [1.82, 2.24) is 4.98 Å². The van der Waals surface area contributed by atoms with Crippen LogP contribution in [0.2, 0.25) is 0 Å². The van der Waals surface area contributed by atoms with Crippen molar-refractivity contribution in [2.45, 2.75) is 18.9 Å². The van der Waals surface area contributed by atoms with E-state index >= 15 is 0 Å². The Hall–Kier alpha value is -1.06. The molecule has 3 heteroatoms. The third kappa shape index (κ3) is 3.20. The molecule has 0 aliphatic carbocycles. The van der Waals surface area contributed by atoms with Crippen LogP contribution in [0.25, 0.3) is 10.9 Å². The number of aromatic nitrogens is 1. The molecule has 90 valence electrons. The van der Waals surface area contributed by atoms with Gasteiger partial charge in [-0.2, -0.15) is 0 Å². The molecule has 0 aliphatic rings. The molecule has 1 aromatic carbocycles. The first-order valence-corrected chi connectivity index (χ1v) is 6.86. The normalized spacial score (nSPS) is 10.9. The zero-order valence-corrected chi connectivity index (χ0v) is 11.1. The summed E-state index contributed by atoms with van der Waals surface area (Å²) in [6.07, 6.45) is 0. The molecule has 0 radical (unpaired) electrons. The summed E-state index contributed by atoms with van der Waals surface area (Å²) < 4.78 is 5.32. The highest BCUT2D eigenvalue weighted by Gasteiger charge is 2.02. The molecule has 0 saturated heterocycles. The summed E-state index contributed by atoms with van der Waals surface area (Å²) in [5.41, 5.74) is 2.36. The van der Waals surface area contributed by atoms with Crippen molar-refractivity contribution in [1.29, 1.82) is 0 Å². The standard InChI is InChI=1S/C14H17NOS/c1-3-16-8-9-17-14-10-11(2)12-6-4-5-7-13(12)15-14/h4-7,10H,3,8-9H2,1-2H3. The minimum atomic E-state index is 0.782. The van der Waals surface area contributed by atoms with Gasteiger partial charge in [0.1, 0.15) is 0 Å². The Bertz CT molecular complexity index is 499. The highest BCUT2D eigenvalue weighted by molar-refractivity contribution is 7.99. The predicted octanol–water partition coefficient (Wildman–Crippen LogP) is 3.67. The van der Waals surface area contributed by atoms with E-state index in [1.165, 1.54) is 10.9 Å². The van der Waals surface area contributed by atoms with Gasteiger partial charge in [0, 0.05) is 17.7 Å². The van der Waals surface area contributed by atoms with E-state index in [4.69, 9.17) is 4.74 Å². The zero-order valence-electron chi connectivity index (χ0n) is 10.3. The van der Waals surface area contributed by atoms with E-state index in [0.717, 1.165) is 29.5 Å². The Morgan fingerprint density at radius 1 is 1.29 bits per heavy atom. The molecule has 1 heterocycles. The van der Waals surface area contributed by atoms with Crippen molar-refractivity contribution in [3.8, 4) is 0 Å². The van der Waals surface area contributed by atoms with E-state index < -0.39 is 0 Å². The number of fused-ring (bicyclic) bond motifs is 1. The van der Waals surface area contributed by atoms with Crippen LogP contribution >= 0.6 is 11.8 Å². The summed E-state index contributed by atoms with van der Waals surface area (Å²) in [4.78, 5) is 4.64. The summed E-state index contributed by atoms with van der Waals surface area (Å²) in [5, 5.41) is 2.32. The number of benzene rings is 1. The number of aryl methyl sites for hydroxylation is 1. The Morgan fingerprint density at radius 2 is 2.12 bits per heavy atom. The van der Waals surface area contributed by atoms with Crippen molar-refractivity contribution in [2.24, 2.45) is 0 Å². The SMILES string of the molecule is CCOCCSc1cc(C)c2ccccc2n1. The van der Waals surface area contributed by atoms with Gasteiger partial charge in [-0.05, 0) is 31.5 Å². The third-order valence-corrected chi connectivity index (χ3v) is 3.46. The molecular weight excluding hydrogens is 230 g/mol. The lowest BCUT2D eigenvalue weighted by Crippen LogP contribution is -1.96. The number of nitrogens with zero attached hydrogens (tertiary/aromatic N) is 1. The number of hydrogen-bond acceptors (Lipinski definition) is 3. The first kappa shape index (κ1) is 12.4. The molecule has 0 amide bonds. The smallest absolute Gasteiger partial charge is 0.0971 e. The number of para-hydroxylation sites is 1. The topological polar surface area (TPSA) is 22.1 Å². The second kappa shape index (κ2) is 6.03. The van der Waals surface area contributed by atoms with Crippen LogP contribution in [-0.2, 0) is 4.74 Å². The maximum Gasteiger partial charge on any atom is 0.0971 e. The Balaban J connectivity index is 2.13. The first-order valence-electron chi connectivity index (χ1n) is 5.88. The summed E-state index contributed by atoms with van der Waals surface area (Å²) in [7, 11) is 0. The molecule has 17 heavy (non-hydrogen) atoms. The Labute approximate surface area is 106 Å². The van der Waals surface area contributed by atoms with Crippen molar-refractivity contribution in [2.75, 3.05) is 19.0 Å². The average molecular weight is 247 g/mol. The third-order valence-electron chi connectivity index (χ3n) is 2.58. The molecule has 0 unspecified atom stereocenters. The van der Waals surface area contributed by atoms with Crippen molar-refractivity contribution in [3.05, 3.63) is 35.9 Å². The van der Waals surface area contributed by atoms with Crippen LogP contribution in [0.4, 0.5) is 0 Å². The second-order valence-corrected chi connectivity index (χ2v) is 4.96. The van der Waals surface area contributed by atoms with Gasteiger partial charge in [0.05, 0.1) is 17.1 Å².